The summed E-state index contributed by atoms with van der Waals surface area (Å²) in [5.74, 6) is 0. The second kappa shape index (κ2) is 4.15. The molecule has 0 bridgehead atoms. The van der Waals surface area contributed by atoms with Crippen molar-refractivity contribution in [2.75, 3.05) is 13.1 Å². The SMILES string of the molecule is C=CC(C#N)N1CCCCC1. The fourth-order valence-corrected chi connectivity index (χ4v) is 1.48. The molecule has 1 heterocycles. The van der Waals surface area contributed by atoms with E-state index < -0.39 is 0 Å². The number of hydrogen-bond donors (Lipinski definition) is 0. The van der Waals surface area contributed by atoms with Crippen LogP contribution < -0.4 is 0 Å². The molecular weight excluding hydrogens is 136 g/mol. The van der Waals surface area contributed by atoms with Crippen LogP contribution in [0.15, 0.2) is 12.7 Å². The minimum absolute atomic E-state index is 0.0599. The number of likely N-dealkylation sites (tertiary alicyclic amines) is 1. The number of hydrogen-bond acceptors (Lipinski definition) is 2. The van der Waals surface area contributed by atoms with E-state index in [-0.39, 0.29) is 6.04 Å². The lowest BCUT2D eigenvalue weighted by Gasteiger charge is -2.28. The summed E-state index contributed by atoms with van der Waals surface area (Å²) >= 11 is 0. The molecule has 0 aliphatic carbocycles. The highest BCUT2D eigenvalue weighted by atomic mass is 15.1. The lowest BCUT2D eigenvalue weighted by molar-refractivity contribution is 0.219. The second-order valence-electron chi connectivity index (χ2n) is 2.91. The first-order valence-electron chi connectivity index (χ1n) is 4.14. The van der Waals surface area contributed by atoms with E-state index in [1.54, 1.807) is 6.08 Å². The Morgan fingerprint density at radius 3 is 2.45 bits per heavy atom. The molecule has 0 N–H and O–H groups in total. The summed E-state index contributed by atoms with van der Waals surface area (Å²) in [7, 11) is 0. The van der Waals surface area contributed by atoms with Crippen molar-refractivity contribution in [1.29, 1.82) is 5.26 Å². The van der Waals surface area contributed by atoms with Crippen molar-refractivity contribution in [2.45, 2.75) is 25.3 Å². The van der Waals surface area contributed by atoms with Crippen LogP contribution in [0.3, 0.4) is 0 Å². The third-order valence-electron chi connectivity index (χ3n) is 2.14. The summed E-state index contributed by atoms with van der Waals surface area (Å²) in [6, 6.07) is 2.17. The minimum atomic E-state index is -0.0599. The summed E-state index contributed by atoms with van der Waals surface area (Å²) in [4.78, 5) is 2.19. The molecule has 2 nitrogen and oxygen atoms in total. The first-order valence-corrected chi connectivity index (χ1v) is 4.14. The monoisotopic (exact) mass is 150 g/mol. The fraction of sp³-hybridized carbons (Fsp3) is 0.667. The Kier molecular flexibility index (Phi) is 3.13. The predicted octanol–water partition coefficient (Wildman–Crippen LogP) is 1.55. The van der Waals surface area contributed by atoms with Crippen molar-refractivity contribution >= 4 is 0 Å². The fourth-order valence-electron chi connectivity index (χ4n) is 1.48. The van der Waals surface area contributed by atoms with Crippen LogP contribution in [0, 0.1) is 11.3 Å². The van der Waals surface area contributed by atoms with Crippen LogP contribution >= 0.6 is 0 Å². The summed E-state index contributed by atoms with van der Waals surface area (Å²) < 4.78 is 0. The van der Waals surface area contributed by atoms with Crippen LogP contribution in [0.5, 0.6) is 0 Å². The number of nitrogens with zero attached hydrogens (tertiary/aromatic N) is 2. The van der Waals surface area contributed by atoms with Crippen molar-refractivity contribution in [2.24, 2.45) is 0 Å². The minimum Gasteiger partial charge on any atom is -0.285 e. The molecule has 1 atom stereocenters. The number of piperidine rings is 1. The van der Waals surface area contributed by atoms with E-state index in [9.17, 15) is 0 Å². The highest BCUT2D eigenvalue weighted by Crippen LogP contribution is 2.11. The van der Waals surface area contributed by atoms with Gasteiger partial charge in [-0.15, -0.1) is 6.58 Å². The zero-order valence-corrected chi connectivity index (χ0v) is 6.79. The van der Waals surface area contributed by atoms with Gasteiger partial charge in [0.15, 0.2) is 0 Å². The van der Waals surface area contributed by atoms with Gasteiger partial charge in [0.05, 0.1) is 6.07 Å². The molecule has 0 aromatic rings. The topological polar surface area (TPSA) is 27.0 Å². The molecule has 0 spiro atoms. The van der Waals surface area contributed by atoms with Gasteiger partial charge in [0.2, 0.25) is 0 Å². The Labute approximate surface area is 68.1 Å². The summed E-state index contributed by atoms with van der Waals surface area (Å²) in [6.45, 7) is 5.76. The highest BCUT2D eigenvalue weighted by molar-refractivity contribution is 5.03. The molecule has 2 heteroatoms. The Hall–Kier alpha value is -0.810. The number of nitriles is 1. The van der Waals surface area contributed by atoms with Gasteiger partial charge in [-0.05, 0) is 25.9 Å². The molecule has 1 fully saturated rings. The van der Waals surface area contributed by atoms with Gasteiger partial charge in [-0.25, -0.2) is 0 Å². The molecule has 11 heavy (non-hydrogen) atoms. The zero-order chi connectivity index (χ0) is 8.10. The molecule has 1 aliphatic rings. The molecular formula is C9H14N2. The van der Waals surface area contributed by atoms with Crippen LogP contribution in [0.2, 0.25) is 0 Å². The van der Waals surface area contributed by atoms with Gasteiger partial charge in [0, 0.05) is 0 Å². The van der Waals surface area contributed by atoms with E-state index in [2.05, 4.69) is 17.5 Å². The van der Waals surface area contributed by atoms with Gasteiger partial charge in [-0.3, -0.25) is 4.90 Å². The maximum absolute atomic E-state index is 8.72. The van der Waals surface area contributed by atoms with Gasteiger partial charge in [-0.1, -0.05) is 12.5 Å². The maximum atomic E-state index is 8.72. The number of rotatable bonds is 2. The molecule has 1 saturated heterocycles. The lowest BCUT2D eigenvalue weighted by atomic mass is 10.1. The van der Waals surface area contributed by atoms with Crippen LogP contribution in [0.1, 0.15) is 19.3 Å². The quantitative estimate of drug-likeness (QED) is 0.558. The molecule has 1 unspecified atom stereocenters. The van der Waals surface area contributed by atoms with E-state index in [1.807, 2.05) is 0 Å². The molecule has 0 amide bonds. The largest absolute Gasteiger partial charge is 0.285 e. The third kappa shape index (κ3) is 2.06. The van der Waals surface area contributed by atoms with Crippen LogP contribution in [-0.2, 0) is 0 Å². The van der Waals surface area contributed by atoms with Crippen molar-refractivity contribution in [1.82, 2.24) is 4.90 Å². The van der Waals surface area contributed by atoms with Gasteiger partial charge >= 0.3 is 0 Å². The summed E-state index contributed by atoms with van der Waals surface area (Å²) in [6.07, 6.45) is 5.50. The third-order valence-corrected chi connectivity index (χ3v) is 2.14. The first-order chi connectivity index (χ1) is 5.38. The summed E-state index contributed by atoms with van der Waals surface area (Å²) in [5, 5.41) is 8.72. The molecule has 1 aliphatic heterocycles. The Morgan fingerprint density at radius 2 is 2.00 bits per heavy atom. The molecule has 0 aromatic heterocycles. The van der Waals surface area contributed by atoms with Gasteiger partial charge in [0.25, 0.3) is 0 Å². The first kappa shape index (κ1) is 8.29. The normalized spacial score (nSPS) is 22.1. The Bertz CT molecular complexity index is 163. The smallest absolute Gasteiger partial charge is 0.116 e. The van der Waals surface area contributed by atoms with Crippen LogP contribution in [0.25, 0.3) is 0 Å². The maximum Gasteiger partial charge on any atom is 0.116 e. The van der Waals surface area contributed by atoms with Gasteiger partial charge < -0.3 is 0 Å². The standard InChI is InChI=1S/C9H14N2/c1-2-9(8-10)11-6-4-3-5-7-11/h2,9H,1,3-7H2. The molecule has 0 aromatic carbocycles. The highest BCUT2D eigenvalue weighted by Gasteiger charge is 2.16. The lowest BCUT2D eigenvalue weighted by Crippen LogP contribution is -2.36. The summed E-state index contributed by atoms with van der Waals surface area (Å²) in [5.41, 5.74) is 0. The predicted molar refractivity (Wildman–Crippen MR) is 45.0 cm³/mol. The van der Waals surface area contributed by atoms with E-state index >= 15 is 0 Å². The van der Waals surface area contributed by atoms with E-state index in [0.29, 0.717) is 0 Å². The van der Waals surface area contributed by atoms with Crippen LogP contribution in [0.4, 0.5) is 0 Å². The Morgan fingerprint density at radius 1 is 1.36 bits per heavy atom. The van der Waals surface area contributed by atoms with Gasteiger partial charge in [0.1, 0.15) is 6.04 Å². The van der Waals surface area contributed by atoms with E-state index in [0.717, 1.165) is 13.1 Å². The molecule has 0 saturated carbocycles. The van der Waals surface area contributed by atoms with Crippen molar-refractivity contribution in [3.05, 3.63) is 12.7 Å². The second-order valence-corrected chi connectivity index (χ2v) is 2.91. The zero-order valence-electron chi connectivity index (χ0n) is 6.79. The average molecular weight is 150 g/mol. The van der Waals surface area contributed by atoms with Crippen molar-refractivity contribution in [3.63, 3.8) is 0 Å². The van der Waals surface area contributed by atoms with Gasteiger partial charge in [-0.2, -0.15) is 5.26 Å². The molecule has 1 rings (SSSR count). The van der Waals surface area contributed by atoms with E-state index in [4.69, 9.17) is 5.26 Å². The van der Waals surface area contributed by atoms with E-state index in [1.165, 1.54) is 19.3 Å². The van der Waals surface area contributed by atoms with Crippen molar-refractivity contribution < 1.29 is 0 Å². The Balaban J connectivity index is 2.44. The average Bonchev–Trinajstić information content (AvgIpc) is 2.09. The van der Waals surface area contributed by atoms with Crippen LogP contribution in [-0.4, -0.2) is 24.0 Å². The molecule has 60 valence electrons. The molecule has 0 radical (unpaired) electrons. The van der Waals surface area contributed by atoms with Crippen molar-refractivity contribution in [3.8, 4) is 6.07 Å².